The van der Waals surface area contributed by atoms with Crippen LogP contribution in [0, 0.1) is 13.8 Å². The lowest BCUT2D eigenvalue weighted by molar-refractivity contribution is 0.227. The van der Waals surface area contributed by atoms with Crippen molar-refractivity contribution in [1.82, 2.24) is 0 Å². The zero-order chi connectivity index (χ0) is 12.7. The van der Waals surface area contributed by atoms with Gasteiger partial charge in [0.2, 0.25) is 0 Å². The third-order valence-electron chi connectivity index (χ3n) is 3.37. The second-order valence-electron chi connectivity index (χ2n) is 4.74. The van der Waals surface area contributed by atoms with E-state index in [4.69, 9.17) is 16.3 Å². The van der Waals surface area contributed by atoms with Crippen molar-refractivity contribution in [3.05, 3.63) is 51.2 Å². The van der Waals surface area contributed by atoms with E-state index >= 15 is 0 Å². The standard InChI is InChI=1S/C15H15ClOS/c1-9-7-12(10(2)18-9)15(16)14-8-11-5-3-4-6-13(11)17-14/h3-7,14-15H,8H2,1-2H3. The fourth-order valence-corrected chi connectivity index (χ4v) is 3.90. The molecule has 0 N–H and O–H groups in total. The van der Waals surface area contributed by atoms with E-state index in [9.17, 15) is 0 Å². The van der Waals surface area contributed by atoms with Gasteiger partial charge in [0.25, 0.3) is 0 Å². The van der Waals surface area contributed by atoms with Gasteiger partial charge in [0.15, 0.2) is 0 Å². The second kappa shape index (κ2) is 4.60. The van der Waals surface area contributed by atoms with Gasteiger partial charge >= 0.3 is 0 Å². The first-order valence-corrected chi connectivity index (χ1v) is 7.36. The van der Waals surface area contributed by atoms with E-state index in [1.165, 1.54) is 20.9 Å². The monoisotopic (exact) mass is 278 g/mol. The number of hydrogen-bond donors (Lipinski definition) is 0. The normalized spacial score (nSPS) is 19.4. The van der Waals surface area contributed by atoms with Crippen LogP contribution >= 0.6 is 22.9 Å². The first kappa shape index (κ1) is 12.1. The summed E-state index contributed by atoms with van der Waals surface area (Å²) in [5.74, 6) is 0.984. The van der Waals surface area contributed by atoms with E-state index < -0.39 is 0 Å². The Bertz CT molecular complexity index is 551. The molecular formula is C15H15ClOS. The summed E-state index contributed by atoms with van der Waals surface area (Å²) in [6, 6.07) is 10.4. The molecule has 94 valence electrons. The van der Waals surface area contributed by atoms with Crippen molar-refractivity contribution < 1.29 is 4.74 Å². The van der Waals surface area contributed by atoms with Gasteiger partial charge in [-0.2, -0.15) is 0 Å². The number of rotatable bonds is 2. The number of para-hydroxylation sites is 1. The first-order valence-electron chi connectivity index (χ1n) is 6.10. The number of benzene rings is 1. The van der Waals surface area contributed by atoms with Crippen molar-refractivity contribution >= 4 is 22.9 Å². The highest BCUT2D eigenvalue weighted by atomic mass is 35.5. The molecule has 3 rings (SSSR count). The Hall–Kier alpha value is -0.990. The predicted octanol–water partition coefficient (Wildman–Crippen LogP) is 4.65. The Morgan fingerprint density at radius 3 is 2.78 bits per heavy atom. The maximum Gasteiger partial charge on any atom is 0.123 e. The number of hydrogen-bond acceptors (Lipinski definition) is 2. The van der Waals surface area contributed by atoms with Crippen molar-refractivity contribution in [2.75, 3.05) is 0 Å². The number of aryl methyl sites for hydroxylation is 2. The van der Waals surface area contributed by atoms with Gasteiger partial charge in [0, 0.05) is 16.2 Å². The minimum Gasteiger partial charge on any atom is -0.488 e. The van der Waals surface area contributed by atoms with Gasteiger partial charge in [-0.05, 0) is 37.1 Å². The van der Waals surface area contributed by atoms with Gasteiger partial charge in [0.1, 0.15) is 11.9 Å². The predicted molar refractivity (Wildman–Crippen MR) is 76.9 cm³/mol. The highest BCUT2D eigenvalue weighted by molar-refractivity contribution is 7.12. The van der Waals surface area contributed by atoms with E-state index in [-0.39, 0.29) is 11.5 Å². The smallest absolute Gasteiger partial charge is 0.123 e. The molecule has 0 saturated carbocycles. The summed E-state index contributed by atoms with van der Waals surface area (Å²) in [6.45, 7) is 4.25. The van der Waals surface area contributed by atoms with Crippen LogP contribution in [0.15, 0.2) is 30.3 Å². The summed E-state index contributed by atoms with van der Waals surface area (Å²) < 4.78 is 5.96. The highest BCUT2D eigenvalue weighted by Gasteiger charge is 2.31. The Kier molecular flexibility index (Phi) is 3.08. The number of fused-ring (bicyclic) bond motifs is 1. The third kappa shape index (κ3) is 2.04. The maximum absolute atomic E-state index is 6.60. The summed E-state index contributed by atoms with van der Waals surface area (Å²) in [4.78, 5) is 2.61. The molecule has 0 saturated heterocycles. The minimum absolute atomic E-state index is 0.0526. The highest BCUT2D eigenvalue weighted by Crippen LogP contribution is 2.39. The van der Waals surface area contributed by atoms with E-state index in [0.29, 0.717) is 0 Å². The fraction of sp³-hybridized carbons (Fsp3) is 0.333. The van der Waals surface area contributed by atoms with Crippen molar-refractivity contribution in [2.24, 2.45) is 0 Å². The first-order chi connectivity index (χ1) is 8.65. The molecule has 1 aromatic heterocycles. The average molecular weight is 279 g/mol. The molecule has 1 nitrogen and oxygen atoms in total. The molecule has 2 heterocycles. The molecule has 2 atom stereocenters. The fourth-order valence-electron chi connectivity index (χ4n) is 2.50. The van der Waals surface area contributed by atoms with Crippen LogP contribution in [0.2, 0.25) is 0 Å². The maximum atomic E-state index is 6.60. The van der Waals surface area contributed by atoms with Crippen LogP contribution in [0.3, 0.4) is 0 Å². The van der Waals surface area contributed by atoms with Gasteiger partial charge in [-0.1, -0.05) is 18.2 Å². The lowest BCUT2D eigenvalue weighted by atomic mass is 10.0. The zero-order valence-corrected chi connectivity index (χ0v) is 12.0. The molecule has 0 spiro atoms. The van der Waals surface area contributed by atoms with Gasteiger partial charge in [0.05, 0.1) is 5.38 Å². The van der Waals surface area contributed by atoms with Crippen molar-refractivity contribution in [3.8, 4) is 5.75 Å². The van der Waals surface area contributed by atoms with Gasteiger partial charge < -0.3 is 4.74 Å². The summed E-state index contributed by atoms with van der Waals surface area (Å²) in [5, 5.41) is -0.0673. The molecule has 2 aromatic rings. The van der Waals surface area contributed by atoms with E-state index in [1.807, 2.05) is 18.2 Å². The second-order valence-corrected chi connectivity index (χ2v) is 6.67. The quantitative estimate of drug-likeness (QED) is 0.727. The Balaban J connectivity index is 1.84. The van der Waals surface area contributed by atoms with Crippen molar-refractivity contribution in [3.63, 3.8) is 0 Å². The summed E-state index contributed by atoms with van der Waals surface area (Å²) in [7, 11) is 0. The van der Waals surface area contributed by atoms with Gasteiger partial charge in [-0.3, -0.25) is 0 Å². The lowest BCUT2D eigenvalue weighted by Gasteiger charge is -2.17. The van der Waals surface area contributed by atoms with Gasteiger partial charge in [-0.15, -0.1) is 22.9 Å². The third-order valence-corrected chi connectivity index (χ3v) is 4.87. The molecule has 0 radical (unpaired) electrons. The molecule has 0 bridgehead atoms. The van der Waals surface area contributed by atoms with Crippen LogP contribution in [-0.4, -0.2) is 6.10 Å². The van der Waals surface area contributed by atoms with E-state index in [2.05, 4.69) is 26.0 Å². The number of alkyl halides is 1. The van der Waals surface area contributed by atoms with E-state index in [0.717, 1.165) is 12.2 Å². The van der Waals surface area contributed by atoms with Crippen LogP contribution in [-0.2, 0) is 6.42 Å². The summed E-state index contributed by atoms with van der Waals surface area (Å²) in [6.07, 6.45) is 0.954. The topological polar surface area (TPSA) is 9.23 Å². The molecular weight excluding hydrogens is 264 g/mol. The van der Waals surface area contributed by atoms with Gasteiger partial charge in [-0.25, -0.2) is 0 Å². The van der Waals surface area contributed by atoms with Crippen LogP contribution in [0.1, 0.15) is 26.3 Å². The van der Waals surface area contributed by atoms with Crippen LogP contribution < -0.4 is 4.74 Å². The Morgan fingerprint density at radius 1 is 1.33 bits per heavy atom. The largest absolute Gasteiger partial charge is 0.488 e. The molecule has 0 fully saturated rings. The Morgan fingerprint density at radius 2 is 2.11 bits per heavy atom. The van der Waals surface area contributed by atoms with Crippen molar-refractivity contribution in [2.45, 2.75) is 31.7 Å². The molecule has 0 amide bonds. The zero-order valence-electron chi connectivity index (χ0n) is 10.4. The number of thiophene rings is 1. The van der Waals surface area contributed by atoms with E-state index in [1.54, 1.807) is 11.3 Å². The SMILES string of the molecule is Cc1cc(C(Cl)C2Cc3ccccc3O2)c(C)s1. The molecule has 3 heteroatoms. The van der Waals surface area contributed by atoms with Crippen molar-refractivity contribution in [1.29, 1.82) is 0 Å². The molecule has 1 aliphatic rings. The molecule has 0 aliphatic carbocycles. The Labute approximate surface area is 116 Å². The van der Waals surface area contributed by atoms with Crippen LogP contribution in [0.4, 0.5) is 0 Å². The summed E-state index contributed by atoms with van der Waals surface area (Å²) in [5.41, 5.74) is 2.48. The molecule has 2 unspecified atom stereocenters. The molecule has 18 heavy (non-hydrogen) atoms. The van der Waals surface area contributed by atoms with Crippen LogP contribution in [0.25, 0.3) is 0 Å². The lowest BCUT2D eigenvalue weighted by Crippen LogP contribution is -2.19. The average Bonchev–Trinajstić information content (AvgIpc) is 2.91. The molecule has 1 aliphatic heterocycles. The van der Waals surface area contributed by atoms with Crippen LogP contribution in [0.5, 0.6) is 5.75 Å². The number of ether oxygens (including phenoxy) is 1. The summed E-state index contributed by atoms with van der Waals surface area (Å²) >= 11 is 8.40. The number of halogens is 1. The minimum atomic E-state index is -0.0673. The molecule has 1 aromatic carbocycles.